The highest BCUT2D eigenvalue weighted by Gasteiger charge is 2.12. The van der Waals surface area contributed by atoms with Crippen LogP contribution in [0, 0.1) is 18.7 Å². The van der Waals surface area contributed by atoms with Crippen LogP contribution in [0.4, 0.5) is 15.2 Å². The monoisotopic (exact) mass is 371 g/mol. The largest absolute Gasteiger partial charge is 0.322 e. The number of carbonyl (C=O) groups excluding carboxylic acids is 2. The Morgan fingerprint density at radius 1 is 1.12 bits per heavy atom. The molecule has 0 aliphatic carbocycles. The Balaban J connectivity index is 1.79. The van der Waals surface area contributed by atoms with E-state index in [4.69, 9.17) is 0 Å². The molecule has 0 fully saturated rings. The number of benzene rings is 2. The number of nitrogens with zero attached hydrogens (tertiary/aromatic N) is 1. The number of hydrogen-bond acceptors (Lipinski definition) is 4. The third-order valence-corrected chi connectivity index (χ3v) is 4.79. The molecular formula is C19H18FN3O2S. The van der Waals surface area contributed by atoms with Crippen molar-refractivity contribution in [1.29, 1.82) is 0 Å². The summed E-state index contributed by atoms with van der Waals surface area (Å²) >= 11 is 1.37. The van der Waals surface area contributed by atoms with Gasteiger partial charge in [-0.15, -0.1) is 0 Å². The number of carbonyl (C=O) groups is 2. The van der Waals surface area contributed by atoms with E-state index in [0.29, 0.717) is 21.9 Å². The second kappa shape index (κ2) is 7.21. The van der Waals surface area contributed by atoms with Crippen molar-refractivity contribution in [1.82, 2.24) is 4.98 Å². The van der Waals surface area contributed by atoms with Crippen LogP contribution in [0.3, 0.4) is 0 Å². The van der Waals surface area contributed by atoms with Crippen LogP contribution in [0.25, 0.3) is 10.2 Å². The van der Waals surface area contributed by atoms with E-state index in [-0.39, 0.29) is 17.4 Å². The SMILES string of the molecule is Cc1ccc(C(=O)Nc2ccc3sc(NC(=O)C(C)C)nc3c2)cc1F. The molecule has 0 saturated heterocycles. The van der Waals surface area contributed by atoms with Gasteiger partial charge < -0.3 is 10.6 Å². The third-order valence-electron chi connectivity index (χ3n) is 3.83. The average Bonchev–Trinajstić information content (AvgIpc) is 2.98. The zero-order chi connectivity index (χ0) is 18.8. The van der Waals surface area contributed by atoms with E-state index in [9.17, 15) is 14.0 Å². The van der Waals surface area contributed by atoms with E-state index in [1.807, 2.05) is 19.9 Å². The van der Waals surface area contributed by atoms with Crippen LogP contribution < -0.4 is 10.6 Å². The topological polar surface area (TPSA) is 71.1 Å². The zero-order valence-corrected chi connectivity index (χ0v) is 15.4. The molecule has 3 aromatic rings. The van der Waals surface area contributed by atoms with Crippen molar-refractivity contribution < 1.29 is 14.0 Å². The van der Waals surface area contributed by atoms with Crippen molar-refractivity contribution in [3.63, 3.8) is 0 Å². The van der Waals surface area contributed by atoms with Gasteiger partial charge in [-0.3, -0.25) is 9.59 Å². The fourth-order valence-electron chi connectivity index (χ4n) is 2.25. The minimum Gasteiger partial charge on any atom is -0.322 e. The third kappa shape index (κ3) is 3.88. The van der Waals surface area contributed by atoms with Crippen LogP contribution >= 0.6 is 11.3 Å². The summed E-state index contributed by atoms with van der Waals surface area (Å²) in [5.74, 6) is -1.05. The standard InChI is InChI=1S/C19H18FN3O2S/c1-10(2)17(24)23-19-22-15-9-13(6-7-16(15)26-19)21-18(25)12-5-4-11(3)14(20)8-12/h4-10H,1-3H3,(H,21,25)(H,22,23,24). The minimum absolute atomic E-state index is 0.0982. The molecule has 0 radical (unpaired) electrons. The molecule has 0 spiro atoms. The first-order valence-corrected chi connectivity index (χ1v) is 8.94. The Hall–Kier alpha value is -2.80. The van der Waals surface area contributed by atoms with Gasteiger partial charge in [0.2, 0.25) is 5.91 Å². The number of amides is 2. The number of aromatic nitrogens is 1. The summed E-state index contributed by atoms with van der Waals surface area (Å²) in [6.07, 6.45) is 0. The van der Waals surface area contributed by atoms with Crippen molar-refractivity contribution in [3.05, 3.63) is 53.3 Å². The van der Waals surface area contributed by atoms with Crippen molar-refractivity contribution >= 4 is 44.2 Å². The van der Waals surface area contributed by atoms with E-state index in [1.165, 1.54) is 17.4 Å². The quantitative estimate of drug-likeness (QED) is 0.705. The highest BCUT2D eigenvalue weighted by Crippen LogP contribution is 2.28. The molecule has 1 heterocycles. The molecule has 3 rings (SSSR count). The Morgan fingerprint density at radius 3 is 2.58 bits per heavy atom. The Bertz CT molecular complexity index is 998. The van der Waals surface area contributed by atoms with Gasteiger partial charge in [0.05, 0.1) is 10.2 Å². The van der Waals surface area contributed by atoms with Crippen molar-refractivity contribution in [2.45, 2.75) is 20.8 Å². The number of anilines is 2. The summed E-state index contributed by atoms with van der Waals surface area (Å²) in [6, 6.07) is 9.65. The summed E-state index contributed by atoms with van der Waals surface area (Å²) in [5, 5.41) is 6.02. The zero-order valence-electron chi connectivity index (χ0n) is 14.6. The van der Waals surface area contributed by atoms with Gasteiger partial charge in [0.25, 0.3) is 5.91 Å². The number of halogens is 1. The molecule has 0 aliphatic heterocycles. The van der Waals surface area contributed by atoms with Crippen LogP contribution in [-0.2, 0) is 4.79 Å². The molecule has 26 heavy (non-hydrogen) atoms. The van der Waals surface area contributed by atoms with Crippen molar-refractivity contribution in [3.8, 4) is 0 Å². The molecule has 2 aromatic carbocycles. The molecule has 0 unspecified atom stereocenters. The number of rotatable bonds is 4. The predicted molar refractivity (Wildman–Crippen MR) is 102 cm³/mol. The molecule has 1 aromatic heterocycles. The highest BCUT2D eigenvalue weighted by atomic mass is 32.1. The van der Waals surface area contributed by atoms with Gasteiger partial charge in [0.15, 0.2) is 5.13 Å². The lowest BCUT2D eigenvalue weighted by molar-refractivity contribution is -0.118. The van der Waals surface area contributed by atoms with Crippen LogP contribution in [0.5, 0.6) is 0 Å². The Kier molecular flexibility index (Phi) is 4.99. The molecule has 2 amide bonds. The molecule has 0 aliphatic rings. The van der Waals surface area contributed by atoms with Gasteiger partial charge in [0.1, 0.15) is 5.82 Å². The Labute approximate surface area is 154 Å². The van der Waals surface area contributed by atoms with Crippen LogP contribution in [0.1, 0.15) is 29.8 Å². The maximum atomic E-state index is 13.6. The smallest absolute Gasteiger partial charge is 0.255 e. The first-order chi connectivity index (χ1) is 12.3. The van der Waals surface area contributed by atoms with Gasteiger partial charge in [0, 0.05) is 17.2 Å². The first-order valence-electron chi connectivity index (χ1n) is 8.12. The number of hydrogen-bond donors (Lipinski definition) is 2. The molecular weight excluding hydrogens is 353 g/mol. The molecule has 0 saturated carbocycles. The summed E-state index contributed by atoms with van der Waals surface area (Å²) < 4.78 is 14.5. The lowest BCUT2D eigenvalue weighted by Crippen LogP contribution is -2.17. The van der Waals surface area contributed by atoms with E-state index < -0.39 is 11.7 Å². The molecule has 0 atom stereocenters. The number of fused-ring (bicyclic) bond motifs is 1. The first kappa shape index (κ1) is 18.0. The molecule has 134 valence electrons. The van der Waals surface area contributed by atoms with E-state index in [2.05, 4.69) is 15.6 Å². The average molecular weight is 371 g/mol. The van der Waals surface area contributed by atoms with Gasteiger partial charge in [-0.05, 0) is 42.8 Å². The molecule has 0 bridgehead atoms. The highest BCUT2D eigenvalue weighted by molar-refractivity contribution is 7.22. The minimum atomic E-state index is -0.418. The van der Waals surface area contributed by atoms with Crippen LogP contribution in [0.2, 0.25) is 0 Å². The lowest BCUT2D eigenvalue weighted by atomic mass is 10.1. The fraction of sp³-hybridized carbons (Fsp3) is 0.211. The van der Waals surface area contributed by atoms with Gasteiger partial charge in [-0.25, -0.2) is 9.37 Å². The van der Waals surface area contributed by atoms with Crippen LogP contribution in [-0.4, -0.2) is 16.8 Å². The van der Waals surface area contributed by atoms with Crippen LogP contribution in [0.15, 0.2) is 36.4 Å². The molecule has 2 N–H and O–H groups in total. The summed E-state index contributed by atoms with van der Waals surface area (Å²) in [4.78, 5) is 28.4. The summed E-state index contributed by atoms with van der Waals surface area (Å²) in [6.45, 7) is 5.26. The Morgan fingerprint density at radius 2 is 1.88 bits per heavy atom. The van der Waals surface area contributed by atoms with Gasteiger partial charge >= 0.3 is 0 Å². The van der Waals surface area contributed by atoms with E-state index >= 15 is 0 Å². The molecule has 5 nitrogen and oxygen atoms in total. The maximum Gasteiger partial charge on any atom is 0.255 e. The van der Waals surface area contributed by atoms with Crippen molar-refractivity contribution in [2.24, 2.45) is 5.92 Å². The van der Waals surface area contributed by atoms with E-state index in [0.717, 1.165) is 4.70 Å². The second-order valence-corrected chi connectivity index (χ2v) is 7.29. The molecule has 7 heteroatoms. The maximum absolute atomic E-state index is 13.6. The van der Waals surface area contributed by atoms with Gasteiger partial charge in [-0.2, -0.15) is 0 Å². The fourth-order valence-corrected chi connectivity index (χ4v) is 3.09. The van der Waals surface area contributed by atoms with Gasteiger partial charge in [-0.1, -0.05) is 31.3 Å². The second-order valence-electron chi connectivity index (χ2n) is 6.26. The van der Waals surface area contributed by atoms with E-state index in [1.54, 1.807) is 31.2 Å². The lowest BCUT2D eigenvalue weighted by Gasteiger charge is -2.06. The van der Waals surface area contributed by atoms with Crippen molar-refractivity contribution in [2.75, 3.05) is 10.6 Å². The normalized spacial score (nSPS) is 11.0. The number of thiazole rings is 1. The number of nitrogens with one attached hydrogen (secondary N) is 2. The predicted octanol–water partition coefficient (Wildman–Crippen LogP) is 4.59. The summed E-state index contributed by atoms with van der Waals surface area (Å²) in [7, 11) is 0. The summed E-state index contributed by atoms with van der Waals surface area (Å²) in [5.41, 5.74) is 1.95. The number of aryl methyl sites for hydroxylation is 1.